The van der Waals surface area contributed by atoms with E-state index in [2.05, 4.69) is 0 Å². The predicted octanol–water partition coefficient (Wildman–Crippen LogP) is 1.76. The summed E-state index contributed by atoms with van der Waals surface area (Å²) in [6.07, 6.45) is 0.922. The molecule has 0 fully saturated rings. The number of carbonyl (C=O) groups is 1. The Bertz CT molecular complexity index is 346. The molecule has 3 nitrogen and oxygen atoms in total. The number of carbonyl (C=O) groups excluding carboxylic acids is 1. The quantitative estimate of drug-likeness (QED) is 0.670. The molecule has 1 heterocycles. The fraction of sp³-hybridized carbons (Fsp3) is 0.364. The summed E-state index contributed by atoms with van der Waals surface area (Å²) < 4.78 is 10.8. The van der Waals surface area contributed by atoms with Gasteiger partial charge >= 0.3 is 0 Å². The van der Waals surface area contributed by atoms with E-state index in [1.165, 1.54) is 0 Å². The van der Waals surface area contributed by atoms with Gasteiger partial charge in [-0.2, -0.15) is 0 Å². The Hall–Kier alpha value is -1.51. The van der Waals surface area contributed by atoms with Gasteiger partial charge in [-0.1, -0.05) is 13.0 Å². The zero-order valence-electron chi connectivity index (χ0n) is 8.03. The van der Waals surface area contributed by atoms with Crippen molar-refractivity contribution in [2.24, 2.45) is 0 Å². The van der Waals surface area contributed by atoms with Crippen molar-refractivity contribution in [1.29, 1.82) is 0 Å². The summed E-state index contributed by atoms with van der Waals surface area (Å²) in [5, 5.41) is 0. The Morgan fingerprint density at radius 2 is 2.00 bits per heavy atom. The second-order valence-electron chi connectivity index (χ2n) is 3.33. The van der Waals surface area contributed by atoms with Gasteiger partial charge in [0, 0.05) is 5.92 Å². The van der Waals surface area contributed by atoms with Gasteiger partial charge in [0.1, 0.15) is 19.5 Å². The van der Waals surface area contributed by atoms with Crippen molar-refractivity contribution >= 4 is 6.29 Å². The zero-order chi connectivity index (χ0) is 9.97. The van der Waals surface area contributed by atoms with Crippen LogP contribution in [0.25, 0.3) is 0 Å². The number of hydrogen-bond donors (Lipinski definition) is 0. The van der Waals surface area contributed by atoms with Gasteiger partial charge in [-0.25, -0.2) is 0 Å². The van der Waals surface area contributed by atoms with Crippen LogP contribution in [-0.2, 0) is 4.79 Å². The van der Waals surface area contributed by atoms with Gasteiger partial charge in [0.2, 0.25) is 0 Å². The lowest BCUT2D eigenvalue weighted by Crippen LogP contribution is -2.15. The van der Waals surface area contributed by atoms with Crippen molar-refractivity contribution in [2.45, 2.75) is 12.8 Å². The third kappa shape index (κ3) is 1.58. The van der Waals surface area contributed by atoms with Crippen molar-refractivity contribution in [2.75, 3.05) is 13.2 Å². The molecule has 14 heavy (non-hydrogen) atoms. The molecule has 1 unspecified atom stereocenters. The van der Waals surface area contributed by atoms with E-state index in [0.717, 1.165) is 23.3 Å². The summed E-state index contributed by atoms with van der Waals surface area (Å²) >= 11 is 0. The van der Waals surface area contributed by atoms with Gasteiger partial charge in [0.15, 0.2) is 11.5 Å². The molecule has 0 saturated carbocycles. The molecule has 0 radical (unpaired) electrons. The molecule has 0 saturated heterocycles. The van der Waals surface area contributed by atoms with Crippen molar-refractivity contribution in [3.05, 3.63) is 23.8 Å². The average molecular weight is 192 g/mol. The molecular formula is C11H12O3. The van der Waals surface area contributed by atoms with Gasteiger partial charge < -0.3 is 14.3 Å². The summed E-state index contributed by atoms with van der Waals surface area (Å²) in [4.78, 5) is 10.6. The van der Waals surface area contributed by atoms with Gasteiger partial charge in [-0.05, 0) is 17.7 Å². The zero-order valence-corrected chi connectivity index (χ0v) is 8.03. The van der Waals surface area contributed by atoms with E-state index >= 15 is 0 Å². The van der Waals surface area contributed by atoms with E-state index in [1.807, 2.05) is 25.1 Å². The molecule has 0 amide bonds. The summed E-state index contributed by atoms with van der Waals surface area (Å²) in [5.41, 5.74) is 0.962. The normalized spacial score (nSPS) is 16.1. The van der Waals surface area contributed by atoms with E-state index in [9.17, 15) is 4.79 Å². The van der Waals surface area contributed by atoms with Crippen LogP contribution in [-0.4, -0.2) is 19.5 Å². The van der Waals surface area contributed by atoms with Crippen molar-refractivity contribution in [3.8, 4) is 11.5 Å². The van der Waals surface area contributed by atoms with Crippen LogP contribution >= 0.6 is 0 Å². The molecule has 0 spiro atoms. The van der Waals surface area contributed by atoms with E-state index in [-0.39, 0.29) is 5.92 Å². The highest BCUT2D eigenvalue weighted by molar-refractivity contribution is 5.62. The van der Waals surface area contributed by atoms with E-state index in [0.29, 0.717) is 13.2 Å². The molecule has 2 rings (SSSR count). The van der Waals surface area contributed by atoms with Gasteiger partial charge in [0.05, 0.1) is 0 Å². The van der Waals surface area contributed by atoms with Crippen LogP contribution in [0.4, 0.5) is 0 Å². The molecule has 1 aliphatic heterocycles. The SMILES string of the molecule is CC(C=O)c1ccc2c(c1)OCCO2. The number of fused-ring (bicyclic) bond motifs is 1. The largest absolute Gasteiger partial charge is 0.486 e. The third-order valence-corrected chi connectivity index (χ3v) is 2.30. The molecule has 0 aromatic heterocycles. The van der Waals surface area contributed by atoms with E-state index in [1.54, 1.807) is 0 Å². The first-order valence-corrected chi connectivity index (χ1v) is 4.66. The van der Waals surface area contributed by atoms with Gasteiger partial charge in [0.25, 0.3) is 0 Å². The maximum Gasteiger partial charge on any atom is 0.161 e. The maximum absolute atomic E-state index is 10.6. The number of rotatable bonds is 2. The molecule has 1 aliphatic rings. The van der Waals surface area contributed by atoms with Crippen LogP contribution in [0.5, 0.6) is 11.5 Å². The summed E-state index contributed by atoms with van der Waals surface area (Å²) in [5.74, 6) is 1.41. The number of aldehydes is 1. The summed E-state index contributed by atoms with van der Waals surface area (Å²) in [7, 11) is 0. The van der Waals surface area contributed by atoms with Crippen molar-refractivity contribution < 1.29 is 14.3 Å². The van der Waals surface area contributed by atoms with Crippen molar-refractivity contribution in [3.63, 3.8) is 0 Å². The summed E-state index contributed by atoms with van der Waals surface area (Å²) in [6, 6.07) is 5.62. The molecule has 3 heteroatoms. The monoisotopic (exact) mass is 192 g/mol. The molecule has 0 aliphatic carbocycles. The van der Waals surface area contributed by atoms with Crippen LogP contribution in [0.2, 0.25) is 0 Å². The van der Waals surface area contributed by atoms with E-state index in [4.69, 9.17) is 9.47 Å². The minimum atomic E-state index is -0.0918. The molecule has 1 aromatic rings. The molecule has 0 N–H and O–H groups in total. The smallest absolute Gasteiger partial charge is 0.161 e. The number of benzene rings is 1. The highest BCUT2D eigenvalue weighted by atomic mass is 16.6. The van der Waals surface area contributed by atoms with Crippen LogP contribution < -0.4 is 9.47 Å². The van der Waals surface area contributed by atoms with Crippen LogP contribution in [0.1, 0.15) is 18.4 Å². The van der Waals surface area contributed by atoms with Crippen molar-refractivity contribution in [1.82, 2.24) is 0 Å². The third-order valence-electron chi connectivity index (χ3n) is 2.30. The fourth-order valence-electron chi connectivity index (χ4n) is 1.42. The van der Waals surface area contributed by atoms with E-state index < -0.39 is 0 Å². The molecule has 1 atom stereocenters. The topological polar surface area (TPSA) is 35.5 Å². The first-order chi connectivity index (χ1) is 6.81. The Morgan fingerprint density at radius 1 is 1.29 bits per heavy atom. The lowest BCUT2D eigenvalue weighted by atomic mass is 10.0. The second kappa shape index (κ2) is 3.70. The van der Waals surface area contributed by atoms with Gasteiger partial charge in [-0.3, -0.25) is 0 Å². The fourth-order valence-corrected chi connectivity index (χ4v) is 1.42. The van der Waals surface area contributed by atoms with Crippen LogP contribution in [0.15, 0.2) is 18.2 Å². The average Bonchev–Trinajstić information content (AvgIpc) is 2.27. The first-order valence-electron chi connectivity index (χ1n) is 4.66. The van der Waals surface area contributed by atoms with Gasteiger partial charge in [-0.15, -0.1) is 0 Å². The minimum Gasteiger partial charge on any atom is -0.486 e. The van der Waals surface area contributed by atoms with Crippen LogP contribution in [0.3, 0.4) is 0 Å². The molecular weight excluding hydrogens is 180 g/mol. The molecule has 0 bridgehead atoms. The minimum absolute atomic E-state index is 0.0918. The summed E-state index contributed by atoms with van der Waals surface area (Å²) in [6.45, 7) is 3.03. The highest BCUT2D eigenvalue weighted by Crippen LogP contribution is 2.32. The number of ether oxygens (including phenoxy) is 2. The van der Waals surface area contributed by atoms with Crippen LogP contribution in [0, 0.1) is 0 Å². The second-order valence-corrected chi connectivity index (χ2v) is 3.33. The maximum atomic E-state index is 10.6. The standard InChI is InChI=1S/C11H12O3/c1-8(7-12)9-2-3-10-11(6-9)14-5-4-13-10/h2-3,6-8H,4-5H2,1H3. The lowest BCUT2D eigenvalue weighted by Gasteiger charge is -2.19. The Labute approximate surface area is 82.6 Å². The number of hydrogen-bond acceptors (Lipinski definition) is 3. The Balaban J connectivity index is 2.33. The Kier molecular flexibility index (Phi) is 2.39. The molecule has 74 valence electrons. The first kappa shape index (κ1) is 9.06. The lowest BCUT2D eigenvalue weighted by molar-refractivity contribution is -0.108. The Morgan fingerprint density at radius 3 is 2.71 bits per heavy atom. The molecule has 1 aromatic carbocycles. The highest BCUT2D eigenvalue weighted by Gasteiger charge is 2.13. The predicted molar refractivity (Wildman–Crippen MR) is 51.9 cm³/mol.